The predicted octanol–water partition coefficient (Wildman–Crippen LogP) is 3.32. The number of hydrogen-bond acceptors (Lipinski definition) is 5. The number of aromatic nitrogens is 3. The van der Waals surface area contributed by atoms with Gasteiger partial charge in [-0.2, -0.15) is 0 Å². The highest BCUT2D eigenvalue weighted by atomic mass is 19.1. The number of fused-ring (bicyclic) bond motifs is 1. The molecule has 0 bridgehead atoms. The van der Waals surface area contributed by atoms with E-state index < -0.39 is 17.3 Å². The summed E-state index contributed by atoms with van der Waals surface area (Å²) in [5.74, 6) is -1.04. The molecule has 0 unspecified atom stereocenters. The van der Waals surface area contributed by atoms with Gasteiger partial charge in [-0.05, 0) is 54.1 Å². The molecule has 0 saturated carbocycles. The summed E-state index contributed by atoms with van der Waals surface area (Å²) in [5.41, 5.74) is 0.286. The van der Waals surface area contributed by atoms with E-state index in [1.807, 2.05) is 0 Å². The van der Waals surface area contributed by atoms with E-state index in [0.29, 0.717) is 11.3 Å². The number of nitrogens with zero attached hydrogens (tertiary/aromatic N) is 2. The van der Waals surface area contributed by atoms with Gasteiger partial charge >= 0.3 is 0 Å². The molecule has 7 nitrogen and oxygen atoms in total. The molecule has 0 saturated heterocycles. The van der Waals surface area contributed by atoms with E-state index in [4.69, 9.17) is 4.74 Å². The van der Waals surface area contributed by atoms with Crippen LogP contribution in [0.3, 0.4) is 0 Å². The Morgan fingerprint density at radius 1 is 1.03 bits per heavy atom. The molecule has 9 heteroatoms. The van der Waals surface area contributed by atoms with Gasteiger partial charge in [-0.1, -0.05) is 0 Å². The fourth-order valence-electron chi connectivity index (χ4n) is 2.72. The number of hydrogen-bond donors (Lipinski definition) is 2. The van der Waals surface area contributed by atoms with Crippen LogP contribution in [0.2, 0.25) is 0 Å². The Hall–Kier alpha value is -4.14. The molecule has 2 heterocycles. The Kier molecular flexibility index (Phi) is 5.17. The molecular weight excluding hydrogens is 394 g/mol. The SMILES string of the molecule is O=C(NCc1ccnc(Oc2ccc(F)cc2)c1)c1nc2ccc(F)cc2c(=O)[nH]1. The number of carbonyl (C=O) groups is 1. The van der Waals surface area contributed by atoms with Crippen LogP contribution < -0.4 is 15.6 Å². The van der Waals surface area contributed by atoms with E-state index >= 15 is 0 Å². The van der Waals surface area contributed by atoms with E-state index in [1.54, 1.807) is 12.1 Å². The Balaban J connectivity index is 1.46. The van der Waals surface area contributed by atoms with Crippen molar-refractivity contribution in [3.63, 3.8) is 0 Å². The first-order valence-corrected chi connectivity index (χ1v) is 8.84. The van der Waals surface area contributed by atoms with E-state index in [1.165, 1.54) is 36.5 Å². The number of halogens is 2. The molecule has 150 valence electrons. The van der Waals surface area contributed by atoms with E-state index in [-0.39, 0.29) is 35.0 Å². The van der Waals surface area contributed by atoms with Crippen molar-refractivity contribution in [2.24, 2.45) is 0 Å². The summed E-state index contributed by atoms with van der Waals surface area (Å²) in [5, 5.41) is 2.70. The van der Waals surface area contributed by atoms with Gasteiger partial charge < -0.3 is 15.0 Å². The van der Waals surface area contributed by atoms with Crippen LogP contribution in [0.1, 0.15) is 16.2 Å². The number of pyridine rings is 1. The van der Waals surface area contributed by atoms with Gasteiger partial charge in [-0.3, -0.25) is 9.59 Å². The smallest absolute Gasteiger partial charge is 0.287 e. The first kappa shape index (κ1) is 19.2. The number of carbonyl (C=O) groups excluding carboxylic acids is 1. The normalized spacial score (nSPS) is 10.7. The second-order valence-corrected chi connectivity index (χ2v) is 6.32. The van der Waals surface area contributed by atoms with Crippen molar-refractivity contribution in [3.8, 4) is 11.6 Å². The Labute approximate surface area is 168 Å². The standard InChI is InChI=1S/C21H14F2N4O3/c22-13-1-4-15(5-2-13)30-18-9-12(7-8-24-18)11-25-21(29)19-26-17-6-3-14(23)10-16(17)20(28)27-19/h1-10H,11H2,(H,25,29)(H,26,27,28). The third-order valence-corrected chi connectivity index (χ3v) is 4.17. The maximum atomic E-state index is 13.3. The summed E-state index contributed by atoms with van der Waals surface area (Å²) in [6, 6.07) is 12.3. The van der Waals surface area contributed by atoms with Gasteiger partial charge in [0.2, 0.25) is 5.88 Å². The fraction of sp³-hybridized carbons (Fsp3) is 0.0476. The summed E-state index contributed by atoms with van der Waals surface area (Å²) >= 11 is 0. The topological polar surface area (TPSA) is 97.0 Å². The summed E-state index contributed by atoms with van der Waals surface area (Å²) in [6.07, 6.45) is 1.51. The lowest BCUT2D eigenvalue weighted by molar-refractivity contribution is 0.0940. The molecule has 2 aromatic carbocycles. The Morgan fingerprint density at radius 3 is 2.60 bits per heavy atom. The lowest BCUT2D eigenvalue weighted by atomic mass is 10.2. The molecule has 0 aliphatic rings. The molecule has 2 aromatic heterocycles. The molecule has 0 atom stereocenters. The number of H-pyrrole nitrogens is 1. The third kappa shape index (κ3) is 4.30. The first-order chi connectivity index (χ1) is 14.5. The third-order valence-electron chi connectivity index (χ3n) is 4.17. The van der Waals surface area contributed by atoms with E-state index in [2.05, 4.69) is 20.3 Å². The van der Waals surface area contributed by atoms with Crippen LogP contribution in [0.25, 0.3) is 10.9 Å². The number of ether oxygens (including phenoxy) is 1. The molecule has 30 heavy (non-hydrogen) atoms. The molecule has 4 aromatic rings. The molecule has 4 rings (SSSR count). The maximum absolute atomic E-state index is 13.3. The zero-order valence-electron chi connectivity index (χ0n) is 15.4. The van der Waals surface area contributed by atoms with Gasteiger partial charge in [-0.15, -0.1) is 0 Å². The quantitative estimate of drug-likeness (QED) is 0.528. The van der Waals surface area contributed by atoms with Crippen LogP contribution in [-0.2, 0) is 6.54 Å². The largest absolute Gasteiger partial charge is 0.439 e. The summed E-state index contributed by atoms with van der Waals surface area (Å²) < 4.78 is 31.8. The highest BCUT2D eigenvalue weighted by Gasteiger charge is 2.12. The van der Waals surface area contributed by atoms with E-state index in [9.17, 15) is 18.4 Å². The molecule has 0 radical (unpaired) electrons. The van der Waals surface area contributed by atoms with Gasteiger partial charge in [0.05, 0.1) is 10.9 Å². The summed E-state index contributed by atoms with van der Waals surface area (Å²) in [7, 11) is 0. The molecule has 2 N–H and O–H groups in total. The van der Waals surface area contributed by atoms with Crippen molar-refractivity contribution >= 4 is 16.8 Å². The molecular formula is C21H14F2N4O3. The van der Waals surface area contributed by atoms with Gasteiger partial charge in [0.1, 0.15) is 17.4 Å². The fourth-order valence-corrected chi connectivity index (χ4v) is 2.72. The van der Waals surface area contributed by atoms with Crippen LogP contribution in [0, 0.1) is 11.6 Å². The maximum Gasteiger partial charge on any atom is 0.287 e. The summed E-state index contributed by atoms with van der Waals surface area (Å²) in [4.78, 5) is 35.0. The molecule has 0 aliphatic carbocycles. The van der Waals surface area contributed by atoms with Gasteiger partial charge in [-0.25, -0.2) is 18.7 Å². The minimum atomic E-state index is -0.608. The van der Waals surface area contributed by atoms with Gasteiger partial charge in [0.25, 0.3) is 11.5 Å². The van der Waals surface area contributed by atoms with Crippen molar-refractivity contribution in [2.75, 3.05) is 0 Å². The summed E-state index contributed by atoms with van der Waals surface area (Å²) in [6.45, 7) is 0.117. The number of aromatic amines is 1. The van der Waals surface area contributed by atoms with Gasteiger partial charge in [0.15, 0.2) is 5.82 Å². The van der Waals surface area contributed by atoms with E-state index in [0.717, 1.165) is 12.1 Å². The van der Waals surface area contributed by atoms with Crippen LogP contribution >= 0.6 is 0 Å². The van der Waals surface area contributed by atoms with Gasteiger partial charge in [0, 0.05) is 18.8 Å². The number of benzene rings is 2. The van der Waals surface area contributed by atoms with Crippen LogP contribution in [0.4, 0.5) is 8.78 Å². The molecule has 0 spiro atoms. The minimum absolute atomic E-state index is 0.0586. The number of nitrogens with one attached hydrogen (secondary N) is 2. The second kappa shape index (κ2) is 8.08. The lowest BCUT2D eigenvalue weighted by Crippen LogP contribution is -2.27. The molecule has 1 amide bonds. The highest BCUT2D eigenvalue weighted by Crippen LogP contribution is 2.20. The van der Waals surface area contributed by atoms with Crippen LogP contribution in [-0.4, -0.2) is 20.9 Å². The van der Waals surface area contributed by atoms with Crippen molar-refractivity contribution in [1.82, 2.24) is 20.3 Å². The first-order valence-electron chi connectivity index (χ1n) is 8.84. The second-order valence-electron chi connectivity index (χ2n) is 6.32. The number of rotatable bonds is 5. The van der Waals surface area contributed by atoms with Crippen LogP contribution in [0.5, 0.6) is 11.6 Å². The van der Waals surface area contributed by atoms with Crippen LogP contribution in [0.15, 0.2) is 65.6 Å². The zero-order valence-corrected chi connectivity index (χ0v) is 15.4. The van der Waals surface area contributed by atoms with Crippen molar-refractivity contribution in [2.45, 2.75) is 6.54 Å². The Morgan fingerprint density at radius 2 is 1.80 bits per heavy atom. The monoisotopic (exact) mass is 408 g/mol. The molecule has 0 aliphatic heterocycles. The molecule has 0 fully saturated rings. The predicted molar refractivity (Wildman–Crippen MR) is 104 cm³/mol. The Bertz CT molecular complexity index is 1290. The zero-order chi connectivity index (χ0) is 21.1. The van der Waals surface area contributed by atoms with Crippen molar-refractivity contribution < 1.29 is 18.3 Å². The average molecular weight is 408 g/mol. The minimum Gasteiger partial charge on any atom is -0.439 e. The number of amides is 1. The van der Waals surface area contributed by atoms with Crippen molar-refractivity contribution in [3.05, 3.63) is 94.2 Å². The lowest BCUT2D eigenvalue weighted by Gasteiger charge is -2.08. The highest BCUT2D eigenvalue weighted by molar-refractivity contribution is 5.92. The van der Waals surface area contributed by atoms with Crippen molar-refractivity contribution in [1.29, 1.82) is 0 Å². The average Bonchev–Trinajstić information content (AvgIpc) is 2.74.